The number of benzene rings is 2. The van der Waals surface area contributed by atoms with E-state index in [-0.39, 0.29) is 5.91 Å². The zero-order valence-corrected chi connectivity index (χ0v) is 18.7. The molecule has 0 radical (unpaired) electrons. The first kappa shape index (κ1) is 20.8. The van der Waals surface area contributed by atoms with E-state index >= 15 is 0 Å². The van der Waals surface area contributed by atoms with Crippen LogP contribution in [0.5, 0.6) is 0 Å². The normalized spacial score (nSPS) is 11.2. The molecule has 1 amide bonds. The van der Waals surface area contributed by atoms with Crippen molar-refractivity contribution >= 4 is 55.8 Å². The highest BCUT2D eigenvalue weighted by Crippen LogP contribution is 2.32. The van der Waals surface area contributed by atoms with Crippen LogP contribution in [0.25, 0.3) is 10.2 Å². The summed E-state index contributed by atoms with van der Waals surface area (Å²) in [5, 5.41) is 1.50. The minimum Gasteiger partial charge on any atom is -0.337 e. The van der Waals surface area contributed by atoms with Crippen LogP contribution in [-0.4, -0.2) is 27.0 Å². The standard InChI is InChI=1S/C22H20Cl2N4OS/c1-2-15-4-7-19-20(12-15)30-22(26-19)28(10-3-9-27-11-8-25-14-27)21(29)17-6-5-16(23)13-18(17)24/h4-8,11-14H,2-3,9-10H2,1H3. The number of aryl methyl sites for hydroxylation is 2. The van der Waals surface area contributed by atoms with Crippen molar-refractivity contribution < 1.29 is 4.79 Å². The highest BCUT2D eigenvalue weighted by molar-refractivity contribution is 7.22. The Morgan fingerprint density at radius 1 is 1.20 bits per heavy atom. The van der Waals surface area contributed by atoms with Gasteiger partial charge in [0.05, 0.1) is 27.1 Å². The van der Waals surface area contributed by atoms with Crippen LogP contribution in [0.3, 0.4) is 0 Å². The van der Waals surface area contributed by atoms with E-state index in [0.717, 1.165) is 29.6 Å². The lowest BCUT2D eigenvalue weighted by atomic mass is 10.2. The van der Waals surface area contributed by atoms with Crippen LogP contribution in [0.1, 0.15) is 29.3 Å². The Bertz CT molecular complexity index is 1170. The number of carbonyl (C=O) groups is 1. The average molecular weight is 459 g/mol. The maximum absolute atomic E-state index is 13.4. The zero-order valence-electron chi connectivity index (χ0n) is 16.4. The van der Waals surface area contributed by atoms with Crippen LogP contribution in [0.15, 0.2) is 55.1 Å². The van der Waals surface area contributed by atoms with E-state index in [1.807, 2.05) is 16.8 Å². The fourth-order valence-electron chi connectivity index (χ4n) is 3.22. The summed E-state index contributed by atoms with van der Waals surface area (Å²) in [6.45, 7) is 3.39. The number of imidazole rings is 1. The van der Waals surface area contributed by atoms with E-state index < -0.39 is 0 Å². The fourth-order valence-corrected chi connectivity index (χ4v) is 4.76. The molecule has 0 unspecified atom stereocenters. The number of nitrogens with zero attached hydrogens (tertiary/aromatic N) is 4. The van der Waals surface area contributed by atoms with Crippen molar-refractivity contribution in [3.63, 3.8) is 0 Å². The summed E-state index contributed by atoms with van der Waals surface area (Å²) in [6, 6.07) is 11.2. The van der Waals surface area contributed by atoms with Gasteiger partial charge < -0.3 is 4.57 Å². The molecular weight excluding hydrogens is 439 g/mol. The fraction of sp³-hybridized carbons (Fsp3) is 0.227. The molecule has 0 aliphatic rings. The van der Waals surface area contributed by atoms with Crippen molar-refractivity contribution in [2.24, 2.45) is 0 Å². The topological polar surface area (TPSA) is 51.0 Å². The molecule has 4 aromatic rings. The van der Waals surface area contributed by atoms with Gasteiger partial charge in [-0.3, -0.25) is 9.69 Å². The Kier molecular flexibility index (Phi) is 6.37. The van der Waals surface area contributed by atoms with Gasteiger partial charge in [-0.1, -0.05) is 47.5 Å². The van der Waals surface area contributed by atoms with Gasteiger partial charge in [-0.15, -0.1) is 0 Å². The molecule has 5 nitrogen and oxygen atoms in total. The molecule has 154 valence electrons. The SMILES string of the molecule is CCc1ccc2nc(N(CCCn3ccnc3)C(=O)c3ccc(Cl)cc3Cl)sc2c1. The van der Waals surface area contributed by atoms with Gasteiger partial charge in [0.25, 0.3) is 5.91 Å². The van der Waals surface area contributed by atoms with E-state index in [0.29, 0.717) is 27.3 Å². The van der Waals surface area contributed by atoms with E-state index in [2.05, 4.69) is 24.0 Å². The van der Waals surface area contributed by atoms with Crippen molar-refractivity contribution in [3.8, 4) is 0 Å². The van der Waals surface area contributed by atoms with Crippen molar-refractivity contribution in [2.75, 3.05) is 11.4 Å². The average Bonchev–Trinajstić information content (AvgIpc) is 3.39. The van der Waals surface area contributed by atoms with E-state index in [9.17, 15) is 4.79 Å². The molecule has 8 heteroatoms. The molecule has 0 saturated heterocycles. The van der Waals surface area contributed by atoms with Crippen molar-refractivity contribution in [1.82, 2.24) is 14.5 Å². The minimum atomic E-state index is -0.183. The number of halogens is 2. The van der Waals surface area contributed by atoms with Gasteiger partial charge in [0, 0.05) is 30.5 Å². The maximum Gasteiger partial charge on any atom is 0.261 e. The van der Waals surface area contributed by atoms with E-state index in [4.69, 9.17) is 28.2 Å². The smallest absolute Gasteiger partial charge is 0.261 e. The third-order valence-electron chi connectivity index (χ3n) is 4.84. The van der Waals surface area contributed by atoms with Crippen LogP contribution in [0.4, 0.5) is 5.13 Å². The van der Waals surface area contributed by atoms with Gasteiger partial charge in [0.2, 0.25) is 0 Å². The molecule has 0 fully saturated rings. The molecule has 0 aliphatic carbocycles. The van der Waals surface area contributed by atoms with Crippen LogP contribution in [0, 0.1) is 0 Å². The molecule has 2 heterocycles. The molecule has 0 N–H and O–H groups in total. The Morgan fingerprint density at radius 2 is 2.07 bits per heavy atom. The largest absolute Gasteiger partial charge is 0.337 e. The van der Waals surface area contributed by atoms with E-state index in [1.165, 1.54) is 16.9 Å². The number of carbonyl (C=O) groups excluding carboxylic acids is 1. The molecule has 0 atom stereocenters. The number of thiazole rings is 1. The summed E-state index contributed by atoms with van der Waals surface area (Å²) in [5.74, 6) is -0.183. The minimum absolute atomic E-state index is 0.183. The van der Waals surface area contributed by atoms with Gasteiger partial charge in [-0.25, -0.2) is 9.97 Å². The van der Waals surface area contributed by atoms with Gasteiger partial charge in [0.15, 0.2) is 5.13 Å². The van der Waals surface area contributed by atoms with E-state index in [1.54, 1.807) is 35.6 Å². The second kappa shape index (κ2) is 9.16. The summed E-state index contributed by atoms with van der Waals surface area (Å²) >= 11 is 13.9. The lowest BCUT2D eigenvalue weighted by Crippen LogP contribution is -2.32. The monoisotopic (exact) mass is 458 g/mol. The van der Waals surface area contributed by atoms with Crippen LogP contribution < -0.4 is 4.90 Å². The first-order valence-electron chi connectivity index (χ1n) is 9.67. The predicted octanol–water partition coefficient (Wildman–Crippen LogP) is 6.10. The molecule has 0 aliphatic heterocycles. The number of anilines is 1. The summed E-state index contributed by atoms with van der Waals surface area (Å²) in [4.78, 5) is 23.9. The number of rotatable bonds is 7. The van der Waals surface area contributed by atoms with Crippen molar-refractivity contribution in [3.05, 3.63) is 76.3 Å². The Balaban J connectivity index is 1.66. The number of aromatic nitrogens is 3. The van der Waals surface area contributed by atoms with Gasteiger partial charge >= 0.3 is 0 Å². The zero-order chi connectivity index (χ0) is 21.1. The Hall–Kier alpha value is -2.41. The number of hydrogen-bond donors (Lipinski definition) is 0. The summed E-state index contributed by atoms with van der Waals surface area (Å²) in [7, 11) is 0. The Morgan fingerprint density at radius 3 is 2.80 bits per heavy atom. The lowest BCUT2D eigenvalue weighted by molar-refractivity contribution is 0.0986. The van der Waals surface area contributed by atoms with Crippen molar-refractivity contribution in [2.45, 2.75) is 26.3 Å². The van der Waals surface area contributed by atoms with Crippen molar-refractivity contribution in [1.29, 1.82) is 0 Å². The first-order chi connectivity index (χ1) is 14.5. The summed E-state index contributed by atoms with van der Waals surface area (Å²) in [6.07, 6.45) is 7.13. The lowest BCUT2D eigenvalue weighted by Gasteiger charge is -2.20. The summed E-state index contributed by atoms with van der Waals surface area (Å²) < 4.78 is 3.06. The molecule has 30 heavy (non-hydrogen) atoms. The maximum atomic E-state index is 13.4. The molecular formula is C22H20Cl2N4OS. The third-order valence-corrected chi connectivity index (χ3v) is 6.43. The number of hydrogen-bond acceptors (Lipinski definition) is 4. The van der Waals surface area contributed by atoms with Gasteiger partial charge in [-0.2, -0.15) is 0 Å². The third kappa shape index (κ3) is 4.51. The highest BCUT2D eigenvalue weighted by atomic mass is 35.5. The van der Waals surface area contributed by atoms with Crippen LogP contribution in [0.2, 0.25) is 10.0 Å². The Labute approximate surface area is 188 Å². The van der Waals surface area contributed by atoms with Gasteiger partial charge in [-0.05, 0) is 48.7 Å². The second-order valence-electron chi connectivity index (χ2n) is 6.89. The second-order valence-corrected chi connectivity index (χ2v) is 8.74. The van der Waals surface area contributed by atoms with Gasteiger partial charge in [0.1, 0.15) is 0 Å². The molecule has 0 saturated carbocycles. The van der Waals surface area contributed by atoms with Crippen LogP contribution >= 0.6 is 34.5 Å². The summed E-state index contributed by atoms with van der Waals surface area (Å²) in [5.41, 5.74) is 2.55. The molecule has 0 spiro atoms. The van der Waals surface area contributed by atoms with Crippen LogP contribution in [-0.2, 0) is 13.0 Å². The molecule has 2 aromatic heterocycles. The molecule has 2 aromatic carbocycles. The quantitative estimate of drug-likeness (QED) is 0.336. The molecule has 0 bridgehead atoms. The predicted molar refractivity (Wildman–Crippen MR) is 124 cm³/mol. The number of fused-ring (bicyclic) bond motifs is 1. The molecule has 4 rings (SSSR count). The first-order valence-corrected chi connectivity index (χ1v) is 11.2. The number of amides is 1. The highest BCUT2D eigenvalue weighted by Gasteiger charge is 2.23.